The van der Waals surface area contributed by atoms with Crippen LogP contribution < -0.4 is 9.64 Å². The number of methoxy groups -OCH3 is 1. The molecule has 5 nitrogen and oxygen atoms in total. The molecule has 3 atom stereocenters. The van der Waals surface area contributed by atoms with Crippen LogP contribution in [0.5, 0.6) is 5.75 Å². The van der Waals surface area contributed by atoms with Gasteiger partial charge in [-0.25, -0.2) is 0 Å². The number of hydrogen-bond acceptors (Lipinski definition) is 3. The Morgan fingerprint density at radius 1 is 1.13 bits per heavy atom. The van der Waals surface area contributed by atoms with Gasteiger partial charge in [0.1, 0.15) is 11.3 Å². The third kappa shape index (κ3) is 2.24. The van der Waals surface area contributed by atoms with Crippen molar-refractivity contribution in [3.8, 4) is 5.75 Å². The fourth-order valence-electron chi connectivity index (χ4n) is 6.43. The summed E-state index contributed by atoms with van der Waals surface area (Å²) in [6.07, 6.45) is 5.39. The fourth-order valence-corrected chi connectivity index (χ4v) is 6.43. The van der Waals surface area contributed by atoms with Crippen molar-refractivity contribution in [2.75, 3.05) is 25.1 Å². The lowest BCUT2D eigenvalue weighted by Gasteiger charge is -2.33. The molecule has 2 aromatic carbocycles. The van der Waals surface area contributed by atoms with E-state index in [1.165, 1.54) is 16.5 Å². The summed E-state index contributed by atoms with van der Waals surface area (Å²) in [7, 11) is 3.79. The molecular formula is C25H27N3O2. The van der Waals surface area contributed by atoms with Crippen LogP contribution in [0, 0.1) is 5.92 Å². The van der Waals surface area contributed by atoms with Gasteiger partial charge >= 0.3 is 0 Å². The van der Waals surface area contributed by atoms with E-state index >= 15 is 0 Å². The quantitative estimate of drug-likeness (QED) is 0.662. The molecule has 0 aliphatic carbocycles. The molecule has 1 amide bonds. The molecule has 0 unspecified atom stereocenters. The normalized spacial score (nSPS) is 28.3. The standard InChI is InChI=1S/C25H27N3O2/c1-26-16-21(20-9-3-4-10-22(20)26)23-13-17-15-27(18-7-5-8-19(14-18)30-2)24(29)25(17)11-6-12-28(23)25/h3-5,7-10,14,16-17,23H,6,11-13,15H2,1-2H3/t17-,23-,25-/m0/s1. The summed E-state index contributed by atoms with van der Waals surface area (Å²) < 4.78 is 7.62. The number of rotatable bonds is 3. The molecule has 0 saturated carbocycles. The summed E-state index contributed by atoms with van der Waals surface area (Å²) in [5.74, 6) is 1.44. The molecule has 4 heterocycles. The summed E-state index contributed by atoms with van der Waals surface area (Å²) in [4.78, 5) is 18.4. The molecule has 3 aromatic rings. The number of hydrogen-bond donors (Lipinski definition) is 0. The Bertz CT molecular complexity index is 1150. The Hall–Kier alpha value is -2.79. The molecule has 0 radical (unpaired) electrons. The van der Waals surface area contributed by atoms with Crippen molar-refractivity contribution in [1.82, 2.24) is 9.47 Å². The lowest BCUT2D eigenvalue weighted by atomic mass is 9.85. The number of fused-ring (bicyclic) bond motifs is 1. The van der Waals surface area contributed by atoms with Gasteiger partial charge in [-0.2, -0.15) is 0 Å². The number of amides is 1. The van der Waals surface area contributed by atoms with Crippen LogP contribution in [0.15, 0.2) is 54.7 Å². The van der Waals surface area contributed by atoms with E-state index < -0.39 is 0 Å². The first-order valence-electron chi connectivity index (χ1n) is 10.9. The molecule has 154 valence electrons. The predicted octanol–water partition coefficient (Wildman–Crippen LogP) is 4.13. The lowest BCUT2D eigenvalue weighted by Crippen LogP contribution is -2.49. The van der Waals surface area contributed by atoms with E-state index in [0.29, 0.717) is 12.0 Å². The second kappa shape index (κ2) is 6.35. The van der Waals surface area contributed by atoms with Crippen molar-refractivity contribution < 1.29 is 9.53 Å². The molecular weight excluding hydrogens is 374 g/mol. The van der Waals surface area contributed by atoms with Crippen molar-refractivity contribution in [2.24, 2.45) is 13.0 Å². The van der Waals surface area contributed by atoms with E-state index in [9.17, 15) is 4.79 Å². The van der Waals surface area contributed by atoms with E-state index in [1.54, 1.807) is 7.11 Å². The molecule has 1 spiro atoms. The third-order valence-electron chi connectivity index (χ3n) is 7.70. The van der Waals surface area contributed by atoms with Crippen LogP contribution >= 0.6 is 0 Å². The average Bonchev–Trinajstić information content (AvgIpc) is 3.49. The van der Waals surface area contributed by atoms with Gasteiger partial charge < -0.3 is 14.2 Å². The van der Waals surface area contributed by atoms with E-state index in [0.717, 1.165) is 43.8 Å². The number of aryl methyl sites for hydroxylation is 1. The maximum absolute atomic E-state index is 13.9. The Morgan fingerprint density at radius 3 is 2.87 bits per heavy atom. The van der Waals surface area contributed by atoms with E-state index in [4.69, 9.17) is 4.74 Å². The van der Waals surface area contributed by atoms with Gasteiger partial charge in [0.25, 0.3) is 0 Å². The van der Waals surface area contributed by atoms with Gasteiger partial charge in [0.2, 0.25) is 5.91 Å². The van der Waals surface area contributed by atoms with Crippen molar-refractivity contribution in [3.05, 3.63) is 60.3 Å². The van der Waals surface area contributed by atoms with Crippen LogP contribution in [0.3, 0.4) is 0 Å². The summed E-state index contributed by atoms with van der Waals surface area (Å²) in [5, 5.41) is 1.32. The van der Waals surface area contributed by atoms with E-state index in [1.807, 2.05) is 29.2 Å². The molecule has 6 rings (SSSR count). The van der Waals surface area contributed by atoms with Gasteiger partial charge in [0.15, 0.2) is 0 Å². The lowest BCUT2D eigenvalue weighted by molar-refractivity contribution is -0.126. The molecule has 3 aliphatic heterocycles. The second-order valence-electron chi connectivity index (χ2n) is 9.00. The van der Waals surface area contributed by atoms with Gasteiger partial charge in [0, 0.05) is 54.4 Å². The van der Waals surface area contributed by atoms with Crippen molar-refractivity contribution in [1.29, 1.82) is 0 Å². The highest BCUT2D eigenvalue weighted by Crippen LogP contribution is 2.57. The van der Waals surface area contributed by atoms with Crippen LogP contribution in [0.25, 0.3) is 10.9 Å². The molecule has 0 N–H and O–H groups in total. The molecule has 30 heavy (non-hydrogen) atoms. The number of ether oxygens (including phenoxy) is 1. The first kappa shape index (κ1) is 18.0. The summed E-state index contributed by atoms with van der Waals surface area (Å²) in [5.41, 5.74) is 3.26. The number of benzene rings is 2. The fraction of sp³-hybridized carbons (Fsp3) is 0.400. The number of carbonyl (C=O) groups excluding carboxylic acids is 1. The average molecular weight is 402 g/mol. The van der Waals surface area contributed by atoms with Crippen LogP contribution in [0.1, 0.15) is 30.9 Å². The minimum Gasteiger partial charge on any atom is -0.497 e. The summed E-state index contributed by atoms with van der Waals surface area (Å²) in [6, 6.07) is 16.9. The Labute approximate surface area is 176 Å². The SMILES string of the molecule is COc1cccc(N2C[C@@H]3C[C@@H](c4cn(C)c5ccccc45)N4CCC[C@@]34C2=O)c1. The molecule has 0 bridgehead atoms. The van der Waals surface area contributed by atoms with Gasteiger partial charge in [-0.05, 0) is 49.6 Å². The monoisotopic (exact) mass is 401 g/mol. The van der Waals surface area contributed by atoms with E-state index in [2.05, 4.69) is 47.0 Å². The maximum Gasteiger partial charge on any atom is 0.247 e. The maximum atomic E-state index is 13.9. The highest BCUT2D eigenvalue weighted by Gasteiger charge is 2.65. The second-order valence-corrected chi connectivity index (χ2v) is 9.00. The van der Waals surface area contributed by atoms with Gasteiger partial charge in [0.05, 0.1) is 7.11 Å². The summed E-state index contributed by atoms with van der Waals surface area (Å²) in [6.45, 7) is 1.80. The zero-order valence-electron chi connectivity index (χ0n) is 17.5. The van der Waals surface area contributed by atoms with Gasteiger partial charge in [-0.15, -0.1) is 0 Å². The number of aromatic nitrogens is 1. The van der Waals surface area contributed by atoms with E-state index in [-0.39, 0.29) is 11.4 Å². The molecule has 3 fully saturated rings. The highest BCUT2D eigenvalue weighted by molar-refractivity contribution is 6.04. The number of carbonyl (C=O) groups is 1. The van der Waals surface area contributed by atoms with Crippen LogP contribution in [0.2, 0.25) is 0 Å². The first-order chi connectivity index (χ1) is 14.6. The largest absolute Gasteiger partial charge is 0.497 e. The molecule has 3 aliphatic rings. The molecule has 1 aromatic heterocycles. The van der Waals surface area contributed by atoms with Crippen molar-refractivity contribution in [2.45, 2.75) is 30.8 Å². The first-order valence-corrected chi connectivity index (χ1v) is 10.9. The summed E-state index contributed by atoms with van der Waals surface area (Å²) >= 11 is 0. The Kier molecular flexibility index (Phi) is 3.81. The highest BCUT2D eigenvalue weighted by atomic mass is 16.5. The Balaban J connectivity index is 1.39. The number of anilines is 1. The minimum absolute atomic E-state index is 0.279. The molecule has 3 saturated heterocycles. The number of para-hydroxylation sites is 1. The Morgan fingerprint density at radius 2 is 2.00 bits per heavy atom. The van der Waals surface area contributed by atoms with Gasteiger partial charge in [-0.1, -0.05) is 24.3 Å². The van der Waals surface area contributed by atoms with Gasteiger partial charge in [-0.3, -0.25) is 9.69 Å². The van der Waals surface area contributed by atoms with Crippen LogP contribution in [0.4, 0.5) is 5.69 Å². The van der Waals surface area contributed by atoms with Crippen LogP contribution in [-0.4, -0.2) is 41.1 Å². The van der Waals surface area contributed by atoms with Crippen molar-refractivity contribution >= 4 is 22.5 Å². The zero-order chi connectivity index (χ0) is 20.5. The smallest absolute Gasteiger partial charge is 0.247 e. The molecule has 5 heteroatoms. The topological polar surface area (TPSA) is 37.7 Å². The predicted molar refractivity (Wildman–Crippen MR) is 118 cm³/mol. The van der Waals surface area contributed by atoms with Crippen LogP contribution in [-0.2, 0) is 11.8 Å². The van der Waals surface area contributed by atoms with Crippen molar-refractivity contribution in [3.63, 3.8) is 0 Å². The zero-order valence-corrected chi connectivity index (χ0v) is 17.5. The minimum atomic E-state index is -0.343. The number of nitrogens with zero attached hydrogens (tertiary/aromatic N) is 3. The third-order valence-corrected chi connectivity index (χ3v) is 7.70.